The van der Waals surface area contributed by atoms with E-state index in [-0.39, 0.29) is 24.9 Å². The first-order valence-corrected chi connectivity index (χ1v) is 25.5. The minimum atomic E-state index is -0.799. The molecule has 0 heterocycles. The summed E-state index contributed by atoms with van der Waals surface area (Å²) in [6.07, 6.45) is 58.5. The van der Waals surface area contributed by atoms with E-state index in [1.807, 2.05) is 0 Å². The zero-order valence-corrected chi connectivity index (χ0v) is 39.6. The maximum Gasteiger partial charge on any atom is 0.306 e. The summed E-state index contributed by atoms with van der Waals surface area (Å²) in [7, 11) is 0. The van der Waals surface area contributed by atoms with Crippen molar-refractivity contribution in [3.63, 3.8) is 0 Å². The Bertz CT molecular complexity index is 1080. The van der Waals surface area contributed by atoms with Gasteiger partial charge < -0.3 is 20.3 Å². The van der Waals surface area contributed by atoms with Crippen LogP contribution >= 0.6 is 0 Å². The summed E-state index contributed by atoms with van der Waals surface area (Å²) >= 11 is 0. The Hall–Kier alpha value is -2.44. The van der Waals surface area contributed by atoms with Crippen LogP contribution in [-0.4, -0.2) is 46.9 Å². The third-order valence-electron chi connectivity index (χ3n) is 11.3. The van der Waals surface area contributed by atoms with Gasteiger partial charge in [0, 0.05) is 6.42 Å². The highest BCUT2D eigenvalue weighted by molar-refractivity contribution is 5.77. The molecule has 6 nitrogen and oxygen atoms in total. The summed E-state index contributed by atoms with van der Waals surface area (Å²) in [5.41, 5.74) is 0. The highest BCUT2D eigenvalue weighted by atomic mass is 16.5. The van der Waals surface area contributed by atoms with Gasteiger partial charge in [-0.1, -0.05) is 197 Å². The highest BCUT2D eigenvalue weighted by Crippen LogP contribution is 2.17. The number of carbonyl (C=O) groups is 2. The Morgan fingerprint density at radius 1 is 0.483 bits per heavy atom. The van der Waals surface area contributed by atoms with Crippen molar-refractivity contribution in [2.45, 2.75) is 264 Å². The average molecular weight is 840 g/mol. The lowest BCUT2D eigenvalue weighted by Crippen LogP contribution is -2.46. The molecule has 0 aromatic rings. The number of nitrogens with one attached hydrogen (secondary N) is 1. The van der Waals surface area contributed by atoms with Crippen molar-refractivity contribution in [2.75, 3.05) is 6.61 Å². The Morgan fingerprint density at radius 3 is 1.33 bits per heavy atom. The van der Waals surface area contributed by atoms with Crippen molar-refractivity contribution in [1.29, 1.82) is 0 Å². The Kier molecular flexibility index (Phi) is 45.7. The van der Waals surface area contributed by atoms with Gasteiger partial charge in [-0.3, -0.25) is 9.59 Å². The number of rotatable bonds is 45. The third kappa shape index (κ3) is 42.3. The molecule has 0 saturated carbocycles. The quantitative estimate of drug-likeness (QED) is 0.0322. The Morgan fingerprint density at radius 2 is 0.850 bits per heavy atom. The van der Waals surface area contributed by atoms with Crippen molar-refractivity contribution >= 4 is 11.9 Å². The molecule has 0 fully saturated rings. The van der Waals surface area contributed by atoms with Gasteiger partial charge in [0.1, 0.15) is 6.10 Å². The Balaban J connectivity index is 4.65. The molecular weight excluding hydrogens is 743 g/mol. The van der Waals surface area contributed by atoms with E-state index in [0.29, 0.717) is 19.3 Å². The van der Waals surface area contributed by atoms with Gasteiger partial charge in [-0.2, -0.15) is 0 Å². The SMILES string of the molecule is CCCCC/C=C\C/C=C\C/C=C\CCCCC(CC(=O)NC(CO)C(O)CCCCCCCCCCC)OC(=O)CCCCCCCCC/C=C\C/C=C\CCCCC. The Labute approximate surface area is 371 Å². The number of amides is 1. The number of aliphatic hydroxyl groups excluding tert-OH is 2. The maximum absolute atomic E-state index is 13.2. The maximum atomic E-state index is 13.2. The van der Waals surface area contributed by atoms with E-state index in [0.717, 1.165) is 83.5 Å². The molecule has 0 aromatic carbocycles. The molecule has 3 unspecified atom stereocenters. The molecule has 60 heavy (non-hydrogen) atoms. The first-order chi connectivity index (χ1) is 29.5. The minimum Gasteiger partial charge on any atom is -0.462 e. The lowest BCUT2D eigenvalue weighted by molar-refractivity contribution is -0.151. The van der Waals surface area contributed by atoms with Crippen LogP contribution in [0.15, 0.2) is 60.8 Å². The molecular formula is C54H97NO5. The normalized spacial score (nSPS) is 13.8. The summed E-state index contributed by atoms with van der Waals surface area (Å²) in [6.45, 7) is 6.40. The molecule has 0 bridgehead atoms. The summed E-state index contributed by atoms with van der Waals surface area (Å²) in [5, 5.41) is 23.7. The molecule has 0 spiro atoms. The first kappa shape index (κ1) is 57.6. The monoisotopic (exact) mass is 840 g/mol. The lowest BCUT2D eigenvalue weighted by atomic mass is 10.0. The van der Waals surface area contributed by atoms with Crippen LogP contribution in [0.4, 0.5) is 0 Å². The van der Waals surface area contributed by atoms with Crippen molar-refractivity contribution in [1.82, 2.24) is 5.32 Å². The molecule has 348 valence electrons. The van der Waals surface area contributed by atoms with Crippen LogP contribution in [-0.2, 0) is 14.3 Å². The lowest BCUT2D eigenvalue weighted by Gasteiger charge is -2.24. The third-order valence-corrected chi connectivity index (χ3v) is 11.3. The van der Waals surface area contributed by atoms with Gasteiger partial charge in [0.2, 0.25) is 5.91 Å². The predicted molar refractivity (Wildman–Crippen MR) is 259 cm³/mol. The van der Waals surface area contributed by atoms with E-state index < -0.39 is 18.2 Å². The molecule has 0 aliphatic heterocycles. The zero-order valence-electron chi connectivity index (χ0n) is 39.6. The van der Waals surface area contributed by atoms with Gasteiger partial charge in [0.05, 0.1) is 25.2 Å². The first-order valence-electron chi connectivity index (χ1n) is 25.5. The summed E-state index contributed by atoms with van der Waals surface area (Å²) in [4.78, 5) is 26.1. The van der Waals surface area contributed by atoms with E-state index >= 15 is 0 Å². The topological polar surface area (TPSA) is 95.9 Å². The molecule has 0 aliphatic carbocycles. The van der Waals surface area contributed by atoms with E-state index in [1.165, 1.54) is 116 Å². The number of aliphatic hydroxyl groups is 2. The second kappa shape index (κ2) is 47.6. The summed E-state index contributed by atoms with van der Waals surface area (Å²) < 4.78 is 5.91. The van der Waals surface area contributed by atoms with Crippen LogP contribution in [0.1, 0.15) is 245 Å². The van der Waals surface area contributed by atoms with Crippen LogP contribution in [0.3, 0.4) is 0 Å². The molecule has 0 saturated heterocycles. The van der Waals surface area contributed by atoms with Gasteiger partial charge in [-0.25, -0.2) is 0 Å². The second-order valence-corrected chi connectivity index (χ2v) is 17.2. The van der Waals surface area contributed by atoms with Crippen molar-refractivity contribution < 1.29 is 24.5 Å². The summed E-state index contributed by atoms with van der Waals surface area (Å²) in [6, 6.07) is -0.715. The molecule has 3 N–H and O–H groups in total. The zero-order chi connectivity index (χ0) is 43.8. The second-order valence-electron chi connectivity index (χ2n) is 17.2. The minimum absolute atomic E-state index is 0.0472. The summed E-state index contributed by atoms with van der Waals surface area (Å²) in [5.74, 6) is -0.521. The van der Waals surface area contributed by atoms with Gasteiger partial charge in [-0.15, -0.1) is 0 Å². The number of ether oxygens (including phenoxy) is 1. The number of allylic oxidation sites excluding steroid dienone is 10. The van der Waals surface area contributed by atoms with Gasteiger partial charge in [0.25, 0.3) is 0 Å². The average Bonchev–Trinajstić information content (AvgIpc) is 3.24. The molecule has 0 aromatic heterocycles. The number of carbonyl (C=O) groups excluding carboxylic acids is 2. The standard InChI is InChI=1S/C54H97NO5/c1-4-7-10-13-16-19-21-23-25-26-28-30-32-35-38-41-44-47-54(59)60-50(45-42-39-36-34-31-29-27-24-22-20-17-14-11-8-5-2)48-53(58)55-51(49-56)52(57)46-43-40-37-33-18-15-12-9-6-3/h16-17,19-20,23-25,27,31,34,50-52,56-57H,4-15,18,21-22,26,28-30,32-33,35-49H2,1-3H3,(H,55,58)/b19-16-,20-17-,25-23-,27-24-,34-31-. The van der Waals surface area contributed by atoms with E-state index in [2.05, 4.69) is 86.8 Å². The number of unbranched alkanes of at least 4 members (excludes halogenated alkanes) is 23. The van der Waals surface area contributed by atoms with E-state index in [4.69, 9.17) is 4.74 Å². The van der Waals surface area contributed by atoms with Gasteiger partial charge in [-0.05, 0) is 96.3 Å². The molecule has 3 atom stereocenters. The fourth-order valence-corrected chi connectivity index (χ4v) is 7.41. The number of hydrogen-bond donors (Lipinski definition) is 3. The largest absolute Gasteiger partial charge is 0.462 e. The molecule has 6 heteroatoms. The van der Waals surface area contributed by atoms with Gasteiger partial charge in [0.15, 0.2) is 0 Å². The molecule has 0 rings (SSSR count). The van der Waals surface area contributed by atoms with Crippen LogP contribution in [0, 0.1) is 0 Å². The van der Waals surface area contributed by atoms with E-state index in [1.54, 1.807) is 0 Å². The molecule has 1 amide bonds. The number of esters is 1. The highest BCUT2D eigenvalue weighted by Gasteiger charge is 2.24. The predicted octanol–water partition coefficient (Wildman–Crippen LogP) is 15.2. The van der Waals surface area contributed by atoms with Crippen molar-refractivity contribution in [3.8, 4) is 0 Å². The van der Waals surface area contributed by atoms with Crippen LogP contribution in [0.5, 0.6) is 0 Å². The number of hydrogen-bond acceptors (Lipinski definition) is 5. The van der Waals surface area contributed by atoms with Crippen molar-refractivity contribution in [2.24, 2.45) is 0 Å². The van der Waals surface area contributed by atoms with Crippen LogP contribution in [0.2, 0.25) is 0 Å². The smallest absolute Gasteiger partial charge is 0.306 e. The molecule has 0 radical (unpaired) electrons. The fraction of sp³-hybridized carbons (Fsp3) is 0.778. The van der Waals surface area contributed by atoms with Gasteiger partial charge >= 0.3 is 5.97 Å². The van der Waals surface area contributed by atoms with Crippen molar-refractivity contribution in [3.05, 3.63) is 60.8 Å². The van der Waals surface area contributed by atoms with Crippen LogP contribution < -0.4 is 5.32 Å². The fourth-order valence-electron chi connectivity index (χ4n) is 7.41. The van der Waals surface area contributed by atoms with E-state index in [9.17, 15) is 19.8 Å². The van der Waals surface area contributed by atoms with Crippen LogP contribution in [0.25, 0.3) is 0 Å². The molecule has 0 aliphatic rings.